The molecule has 4 nitrogen and oxygen atoms in total. The maximum atomic E-state index is 12.3. The molecule has 0 radical (unpaired) electrons. The maximum Gasteiger partial charge on any atom is 0.261 e. The summed E-state index contributed by atoms with van der Waals surface area (Å²) in [7, 11) is 1.47. The Labute approximate surface area is 134 Å². The third kappa shape index (κ3) is 3.71. The second-order valence-corrected chi connectivity index (χ2v) is 8.51. The average Bonchev–Trinajstić information content (AvgIpc) is 2.78. The van der Waals surface area contributed by atoms with Crippen LogP contribution in [0.4, 0.5) is 5.69 Å². The van der Waals surface area contributed by atoms with E-state index in [1.54, 1.807) is 6.92 Å². The molecule has 1 saturated carbocycles. The molecule has 21 heavy (non-hydrogen) atoms. The summed E-state index contributed by atoms with van der Waals surface area (Å²) in [6.45, 7) is 3.75. The van der Waals surface area contributed by atoms with Gasteiger partial charge in [-0.25, -0.2) is 8.42 Å². The number of aryl methyl sites for hydroxylation is 1. The van der Waals surface area contributed by atoms with Crippen molar-refractivity contribution in [2.75, 3.05) is 5.32 Å². The number of carbonyl (C=O) groups is 1. The van der Waals surface area contributed by atoms with Crippen LogP contribution >= 0.6 is 22.3 Å². The Balaban J connectivity index is 2.27. The standard InChI is InChI=1S/C14H17Cl2NO3S/c1-8-4-3-5-11(8)14(18)17-13-9(2)6-10(7-12(13)15)21(16,19)20/h6-8,11H,3-5H2,1-2H3,(H,17,18). The van der Waals surface area contributed by atoms with E-state index in [1.807, 2.05) is 0 Å². The zero-order valence-electron chi connectivity index (χ0n) is 11.8. The van der Waals surface area contributed by atoms with E-state index in [1.165, 1.54) is 12.1 Å². The first-order valence-corrected chi connectivity index (χ1v) is 9.44. The first kappa shape index (κ1) is 16.6. The van der Waals surface area contributed by atoms with Crippen LogP contribution in [0.15, 0.2) is 17.0 Å². The van der Waals surface area contributed by atoms with E-state index >= 15 is 0 Å². The van der Waals surface area contributed by atoms with Gasteiger partial charge in [0.25, 0.3) is 9.05 Å². The summed E-state index contributed by atoms with van der Waals surface area (Å²) in [6, 6.07) is 2.66. The van der Waals surface area contributed by atoms with Gasteiger partial charge >= 0.3 is 0 Å². The Morgan fingerprint density at radius 1 is 1.33 bits per heavy atom. The molecular formula is C14H17Cl2NO3S. The Morgan fingerprint density at radius 3 is 2.48 bits per heavy atom. The van der Waals surface area contributed by atoms with Crippen LogP contribution < -0.4 is 5.32 Å². The molecule has 1 aliphatic rings. The maximum absolute atomic E-state index is 12.3. The van der Waals surface area contributed by atoms with Crippen molar-refractivity contribution in [3.8, 4) is 0 Å². The number of amides is 1. The van der Waals surface area contributed by atoms with E-state index in [0.29, 0.717) is 17.2 Å². The van der Waals surface area contributed by atoms with Crippen molar-refractivity contribution in [2.45, 2.75) is 38.0 Å². The minimum atomic E-state index is -3.84. The summed E-state index contributed by atoms with van der Waals surface area (Å²) < 4.78 is 22.7. The van der Waals surface area contributed by atoms with Gasteiger partial charge in [-0.3, -0.25) is 4.79 Å². The number of rotatable bonds is 3. The number of nitrogens with one attached hydrogen (secondary N) is 1. The molecule has 116 valence electrons. The van der Waals surface area contributed by atoms with Crippen molar-refractivity contribution in [2.24, 2.45) is 11.8 Å². The van der Waals surface area contributed by atoms with Crippen LogP contribution in [0.5, 0.6) is 0 Å². The number of halogens is 2. The molecule has 2 rings (SSSR count). The predicted octanol–water partition coefficient (Wildman–Crippen LogP) is 3.95. The monoisotopic (exact) mass is 349 g/mol. The van der Waals surface area contributed by atoms with Crippen molar-refractivity contribution < 1.29 is 13.2 Å². The summed E-state index contributed by atoms with van der Waals surface area (Å²) in [6.07, 6.45) is 2.97. The fourth-order valence-corrected chi connectivity index (χ4v) is 3.98. The van der Waals surface area contributed by atoms with E-state index < -0.39 is 9.05 Å². The van der Waals surface area contributed by atoms with Crippen LogP contribution in [0.25, 0.3) is 0 Å². The zero-order valence-corrected chi connectivity index (χ0v) is 14.1. The number of hydrogen-bond donors (Lipinski definition) is 1. The van der Waals surface area contributed by atoms with Crippen molar-refractivity contribution in [3.05, 3.63) is 22.7 Å². The van der Waals surface area contributed by atoms with Gasteiger partial charge in [0.1, 0.15) is 0 Å². The summed E-state index contributed by atoms with van der Waals surface area (Å²) in [5, 5.41) is 2.99. The van der Waals surface area contributed by atoms with Gasteiger partial charge in [0, 0.05) is 16.6 Å². The van der Waals surface area contributed by atoms with Crippen molar-refractivity contribution in [3.63, 3.8) is 0 Å². The fraction of sp³-hybridized carbons (Fsp3) is 0.500. The Morgan fingerprint density at radius 2 is 2.00 bits per heavy atom. The third-order valence-electron chi connectivity index (χ3n) is 3.99. The molecule has 0 spiro atoms. The SMILES string of the molecule is Cc1cc(S(=O)(=O)Cl)cc(Cl)c1NC(=O)C1CCCC1C. The van der Waals surface area contributed by atoms with Crippen LogP contribution in [0.2, 0.25) is 5.02 Å². The minimum absolute atomic E-state index is 0.0168. The molecular weight excluding hydrogens is 333 g/mol. The molecule has 1 aromatic rings. The molecule has 1 aromatic carbocycles. The minimum Gasteiger partial charge on any atom is -0.324 e. The van der Waals surface area contributed by atoms with Gasteiger partial charge in [0.2, 0.25) is 5.91 Å². The lowest BCUT2D eigenvalue weighted by molar-refractivity contribution is -0.120. The highest BCUT2D eigenvalue weighted by Crippen LogP contribution is 2.35. The lowest BCUT2D eigenvalue weighted by Crippen LogP contribution is -2.25. The molecule has 1 aliphatic carbocycles. The van der Waals surface area contributed by atoms with Gasteiger partial charge in [0.05, 0.1) is 15.6 Å². The largest absolute Gasteiger partial charge is 0.324 e. The molecule has 2 atom stereocenters. The number of hydrogen-bond acceptors (Lipinski definition) is 3. The van der Waals surface area contributed by atoms with Gasteiger partial charge in [-0.2, -0.15) is 0 Å². The van der Waals surface area contributed by atoms with Crippen LogP contribution in [-0.2, 0) is 13.8 Å². The van der Waals surface area contributed by atoms with Gasteiger partial charge in [-0.15, -0.1) is 0 Å². The first-order valence-electron chi connectivity index (χ1n) is 6.76. The second-order valence-electron chi connectivity index (χ2n) is 5.54. The lowest BCUT2D eigenvalue weighted by atomic mass is 9.97. The van der Waals surface area contributed by atoms with Crippen molar-refractivity contribution in [1.82, 2.24) is 0 Å². The van der Waals surface area contributed by atoms with Gasteiger partial charge in [-0.1, -0.05) is 24.9 Å². The van der Waals surface area contributed by atoms with Crippen LogP contribution in [-0.4, -0.2) is 14.3 Å². The summed E-state index contributed by atoms with van der Waals surface area (Å²) >= 11 is 6.09. The van der Waals surface area contributed by atoms with Crippen LogP contribution in [0.3, 0.4) is 0 Å². The topological polar surface area (TPSA) is 63.2 Å². The van der Waals surface area contributed by atoms with E-state index in [2.05, 4.69) is 12.2 Å². The average molecular weight is 350 g/mol. The molecule has 1 fully saturated rings. The molecule has 0 heterocycles. The van der Waals surface area contributed by atoms with Crippen LogP contribution in [0, 0.1) is 18.8 Å². The normalized spacial score (nSPS) is 22.3. The smallest absolute Gasteiger partial charge is 0.261 e. The molecule has 0 saturated heterocycles. The van der Waals surface area contributed by atoms with Gasteiger partial charge in [0.15, 0.2) is 0 Å². The van der Waals surface area contributed by atoms with E-state index in [-0.39, 0.29) is 21.7 Å². The molecule has 1 N–H and O–H groups in total. The molecule has 0 aliphatic heterocycles. The van der Waals surface area contributed by atoms with E-state index in [4.69, 9.17) is 22.3 Å². The highest BCUT2D eigenvalue weighted by Gasteiger charge is 2.30. The van der Waals surface area contributed by atoms with Gasteiger partial charge in [-0.05, 0) is 43.4 Å². The quantitative estimate of drug-likeness (QED) is 0.840. The summed E-state index contributed by atoms with van der Waals surface area (Å²) in [4.78, 5) is 12.2. The molecule has 7 heteroatoms. The fourth-order valence-electron chi connectivity index (χ4n) is 2.76. The Hall–Kier alpha value is -0.780. The van der Waals surface area contributed by atoms with Crippen molar-refractivity contribution >= 4 is 42.9 Å². The highest BCUT2D eigenvalue weighted by molar-refractivity contribution is 8.13. The number of carbonyl (C=O) groups excluding carboxylic acids is 1. The molecule has 2 unspecified atom stereocenters. The predicted molar refractivity (Wildman–Crippen MR) is 84.4 cm³/mol. The Kier molecular flexibility index (Phi) is 4.85. The number of benzene rings is 1. The summed E-state index contributed by atoms with van der Waals surface area (Å²) in [5.74, 6) is 0.273. The molecule has 0 bridgehead atoms. The second kappa shape index (κ2) is 6.15. The lowest BCUT2D eigenvalue weighted by Gasteiger charge is -2.17. The first-order chi connectivity index (χ1) is 9.70. The van der Waals surface area contributed by atoms with Gasteiger partial charge < -0.3 is 5.32 Å². The Bertz CT molecular complexity index is 650. The van der Waals surface area contributed by atoms with E-state index in [9.17, 15) is 13.2 Å². The zero-order chi connectivity index (χ0) is 15.8. The molecule has 0 aromatic heterocycles. The summed E-state index contributed by atoms with van der Waals surface area (Å²) in [5.41, 5.74) is 1.02. The third-order valence-corrected chi connectivity index (χ3v) is 5.62. The number of anilines is 1. The molecule has 1 amide bonds. The highest BCUT2D eigenvalue weighted by atomic mass is 35.7. The van der Waals surface area contributed by atoms with Crippen molar-refractivity contribution in [1.29, 1.82) is 0 Å². The van der Waals surface area contributed by atoms with Crippen LogP contribution in [0.1, 0.15) is 31.7 Å². The van der Waals surface area contributed by atoms with E-state index in [0.717, 1.165) is 19.3 Å².